The number of hydrogen-bond acceptors (Lipinski definition) is 6. The third-order valence-corrected chi connectivity index (χ3v) is 3.75. The number of rotatable bonds is 5. The van der Waals surface area contributed by atoms with Gasteiger partial charge in [-0.3, -0.25) is 5.43 Å². The number of nitrogens with one attached hydrogen (secondary N) is 2. The lowest BCUT2D eigenvalue weighted by Gasteiger charge is -2.05. The van der Waals surface area contributed by atoms with E-state index in [1.807, 2.05) is 0 Å². The van der Waals surface area contributed by atoms with Crippen molar-refractivity contribution in [1.29, 1.82) is 0 Å². The van der Waals surface area contributed by atoms with Gasteiger partial charge in [0.2, 0.25) is 15.9 Å². The quantitative estimate of drug-likeness (QED) is 0.159. The summed E-state index contributed by atoms with van der Waals surface area (Å²) < 4.78 is 29.9. The number of hydrogen-bond donors (Lipinski definition) is 2. The van der Waals surface area contributed by atoms with Gasteiger partial charge in [-0.05, 0) is 48.9 Å². The minimum absolute atomic E-state index is 0.0743. The van der Waals surface area contributed by atoms with E-state index in [-0.39, 0.29) is 11.5 Å². The van der Waals surface area contributed by atoms with Crippen LogP contribution < -0.4 is 10.1 Å². The van der Waals surface area contributed by atoms with Gasteiger partial charge in [0.1, 0.15) is 0 Å². The first-order chi connectivity index (χ1) is 10.4. The first kappa shape index (κ1) is 17.4. The van der Waals surface area contributed by atoms with Gasteiger partial charge in [0.05, 0.1) is 17.2 Å². The first-order valence-electron chi connectivity index (χ1n) is 6.04. The second-order valence-electron chi connectivity index (χ2n) is 3.69. The lowest BCUT2D eigenvalue weighted by atomic mass is 10.3. The van der Waals surface area contributed by atoms with Crippen LogP contribution in [0.1, 0.15) is 6.92 Å². The van der Waals surface area contributed by atoms with Gasteiger partial charge in [0.25, 0.3) is 0 Å². The Morgan fingerprint density at radius 2 is 2.00 bits per heavy atom. The fourth-order valence-electron chi connectivity index (χ4n) is 1.29. The average molecular weight is 326 g/mol. The molecular formula is C11H14N6O4S. The molecule has 0 fully saturated rings. The smallest absolute Gasteiger partial charge is 0.361 e. The van der Waals surface area contributed by atoms with Crippen molar-refractivity contribution in [2.45, 2.75) is 11.8 Å². The van der Waals surface area contributed by atoms with Crippen LogP contribution in [0.2, 0.25) is 0 Å². The lowest BCUT2D eigenvalue weighted by molar-refractivity contribution is -0.135. The summed E-state index contributed by atoms with van der Waals surface area (Å²) in [6.45, 7) is 1.70. The summed E-state index contributed by atoms with van der Waals surface area (Å²) in [6, 6.07) is 5.57. The Morgan fingerprint density at radius 1 is 1.36 bits per heavy atom. The van der Waals surface area contributed by atoms with Crippen molar-refractivity contribution in [2.75, 3.05) is 19.1 Å². The normalized spacial score (nSPS) is 11.5. The molecule has 0 amide bonds. The number of hydrazone groups is 1. The summed E-state index contributed by atoms with van der Waals surface area (Å²) in [6.07, 6.45) is 0. The first-order valence-corrected chi connectivity index (χ1v) is 7.52. The second kappa shape index (κ2) is 7.98. The van der Waals surface area contributed by atoms with Gasteiger partial charge < -0.3 is 4.74 Å². The Morgan fingerprint density at radius 3 is 2.50 bits per heavy atom. The Labute approximate surface area is 126 Å². The van der Waals surface area contributed by atoms with Crippen LogP contribution in [0.4, 0.5) is 5.69 Å². The standard InChI is InChI=1S/C11H14N6O4S/c1-3-21-11(18)10(16-17-12)15-14-8-4-6-9(7-5-8)22(19,20)13-2/h4-7,13-14H,3H2,1-2H3/b15-10+. The maximum absolute atomic E-state index is 11.5. The predicted molar refractivity (Wildman–Crippen MR) is 79.5 cm³/mol. The summed E-state index contributed by atoms with van der Waals surface area (Å²) >= 11 is 0. The lowest BCUT2D eigenvalue weighted by Crippen LogP contribution is -2.18. The van der Waals surface area contributed by atoms with Gasteiger partial charge in [0.15, 0.2) is 0 Å². The second-order valence-corrected chi connectivity index (χ2v) is 5.58. The number of carbonyl (C=O) groups excluding carboxylic acids is 1. The largest absolute Gasteiger partial charge is 0.461 e. The van der Waals surface area contributed by atoms with E-state index in [0.717, 1.165) is 0 Å². The molecule has 0 spiro atoms. The minimum Gasteiger partial charge on any atom is -0.461 e. The van der Waals surface area contributed by atoms with Gasteiger partial charge in [-0.2, -0.15) is 5.10 Å². The number of azide groups is 1. The third-order valence-electron chi connectivity index (χ3n) is 2.32. The molecule has 0 atom stereocenters. The van der Waals surface area contributed by atoms with Crippen LogP contribution in [0, 0.1) is 0 Å². The number of carbonyl (C=O) groups is 1. The van der Waals surface area contributed by atoms with Crippen LogP contribution in [-0.4, -0.2) is 33.9 Å². The molecule has 1 aromatic carbocycles. The Bertz CT molecular complexity index is 707. The average Bonchev–Trinajstić information content (AvgIpc) is 2.52. The Kier molecular flexibility index (Phi) is 6.32. The van der Waals surface area contributed by atoms with Crippen LogP contribution >= 0.6 is 0 Å². The van der Waals surface area contributed by atoms with E-state index in [4.69, 9.17) is 5.53 Å². The molecule has 0 radical (unpaired) electrons. The Hall–Kier alpha value is -2.62. The molecular weight excluding hydrogens is 312 g/mol. The predicted octanol–water partition coefficient (Wildman–Crippen LogP) is 1.19. The SMILES string of the molecule is CCOC(=O)/C(N=[N+]=[N-])=N\Nc1ccc(S(=O)(=O)NC)cc1. The molecule has 22 heavy (non-hydrogen) atoms. The summed E-state index contributed by atoms with van der Waals surface area (Å²) in [5, 5.41) is 6.74. The van der Waals surface area contributed by atoms with Crippen molar-refractivity contribution >= 4 is 27.5 Å². The van der Waals surface area contributed by atoms with E-state index < -0.39 is 21.8 Å². The van der Waals surface area contributed by atoms with Crippen molar-refractivity contribution in [1.82, 2.24) is 4.72 Å². The van der Waals surface area contributed by atoms with Gasteiger partial charge in [-0.15, -0.1) is 0 Å². The molecule has 0 heterocycles. The fraction of sp³-hybridized carbons (Fsp3) is 0.273. The molecule has 0 aromatic heterocycles. The molecule has 118 valence electrons. The highest BCUT2D eigenvalue weighted by molar-refractivity contribution is 7.89. The molecule has 0 bridgehead atoms. The molecule has 0 aliphatic heterocycles. The van der Waals surface area contributed by atoms with Gasteiger partial charge in [0, 0.05) is 4.91 Å². The number of esters is 1. The molecule has 10 nitrogen and oxygen atoms in total. The summed E-state index contributed by atoms with van der Waals surface area (Å²) in [5.74, 6) is -1.36. The van der Waals surface area contributed by atoms with E-state index in [0.29, 0.717) is 5.69 Å². The van der Waals surface area contributed by atoms with Crippen LogP contribution in [-0.2, 0) is 19.6 Å². The highest BCUT2D eigenvalue weighted by atomic mass is 32.2. The fourth-order valence-corrected chi connectivity index (χ4v) is 2.02. The summed E-state index contributed by atoms with van der Waals surface area (Å²) in [5.41, 5.74) is 11.2. The highest BCUT2D eigenvalue weighted by Crippen LogP contribution is 2.13. The number of sulfonamides is 1. The van der Waals surface area contributed by atoms with E-state index in [1.54, 1.807) is 6.92 Å². The zero-order chi connectivity index (χ0) is 16.6. The molecule has 0 unspecified atom stereocenters. The maximum Gasteiger partial charge on any atom is 0.361 e. The van der Waals surface area contributed by atoms with Gasteiger partial charge in [-0.25, -0.2) is 17.9 Å². The zero-order valence-electron chi connectivity index (χ0n) is 11.8. The molecule has 0 saturated carbocycles. The van der Waals surface area contributed by atoms with Gasteiger partial charge in [-0.1, -0.05) is 0 Å². The van der Waals surface area contributed by atoms with Crippen molar-refractivity contribution in [2.24, 2.45) is 10.2 Å². The van der Waals surface area contributed by atoms with Crippen LogP contribution in [0.15, 0.2) is 39.4 Å². The molecule has 11 heteroatoms. The topological polar surface area (TPSA) is 146 Å². The zero-order valence-corrected chi connectivity index (χ0v) is 12.7. The third kappa shape index (κ3) is 4.74. The summed E-state index contributed by atoms with van der Waals surface area (Å²) in [4.78, 5) is 14.0. The van der Waals surface area contributed by atoms with E-state index in [1.165, 1.54) is 31.3 Å². The van der Waals surface area contributed by atoms with E-state index >= 15 is 0 Å². The number of ether oxygens (including phenoxy) is 1. The monoisotopic (exact) mass is 326 g/mol. The van der Waals surface area contributed by atoms with Gasteiger partial charge >= 0.3 is 5.97 Å². The maximum atomic E-state index is 11.5. The molecule has 0 aliphatic rings. The van der Waals surface area contributed by atoms with Crippen LogP contribution in [0.5, 0.6) is 0 Å². The number of anilines is 1. The van der Waals surface area contributed by atoms with E-state index in [2.05, 4.69) is 30.0 Å². The summed E-state index contributed by atoms with van der Waals surface area (Å²) in [7, 11) is -2.23. The minimum atomic E-state index is -3.53. The van der Waals surface area contributed by atoms with Crippen LogP contribution in [0.25, 0.3) is 10.4 Å². The van der Waals surface area contributed by atoms with Crippen molar-refractivity contribution in [3.63, 3.8) is 0 Å². The highest BCUT2D eigenvalue weighted by Gasteiger charge is 2.12. The number of nitrogens with zero attached hydrogens (tertiary/aromatic N) is 4. The number of benzene rings is 1. The molecule has 1 rings (SSSR count). The number of amidine groups is 1. The Balaban J connectivity index is 2.92. The van der Waals surface area contributed by atoms with Crippen LogP contribution in [0.3, 0.4) is 0 Å². The molecule has 1 aromatic rings. The molecule has 0 saturated heterocycles. The van der Waals surface area contributed by atoms with Crippen molar-refractivity contribution < 1.29 is 17.9 Å². The van der Waals surface area contributed by atoms with Crippen molar-refractivity contribution in [3.8, 4) is 0 Å². The molecule has 2 N–H and O–H groups in total. The van der Waals surface area contributed by atoms with Crippen molar-refractivity contribution in [3.05, 3.63) is 34.7 Å². The molecule has 0 aliphatic carbocycles. The van der Waals surface area contributed by atoms with E-state index in [9.17, 15) is 13.2 Å².